The predicted molar refractivity (Wildman–Crippen MR) is 122 cm³/mol. The molecule has 0 spiro atoms. The number of rotatable bonds is 6. The molecule has 1 heterocycles. The van der Waals surface area contributed by atoms with Gasteiger partial charge in [0.25, 0.3) is 15.7 Å². The highest BCUT2D eigenvalue weighted by atomic mass is 79.9. The van der Waals surface area contributed by atoms with Crippen molar-refractivity contribution in [3.05, 3.63) is 99.0 Å². The molecule has 3 aromatic carbocycles. The molecular weight excluding hydrogens is 488 g/mol. The summed E-state index contributed by atoms with van der Waals surface area (Å²) in [5.74, 6) is 0. The van der Waals surface area contributed by atoms with Crippen LogP contribution in [0.4, 0.5) is 10.7 Å². The Bertz CT molecular complexity index is 1340. The summed E-state index contributed by atoms with van der Waals surface area (Å²) in [7, 11) is -3.97. The van der Waals surface area contributed by atoms with E-state index in [0.29, 0.717) is 15.0 Å². The lowest BCUT2D eigenvalue weighted by atomic mass is 10.2. The fourth-order valence-electron chi connectivity index (χ4n) is 3.12. The minimum Gasteiger partial charge on any atom is -0.258 e. The maximum Gasteiger partial charge on any atom is 0.274 e. The van der Waals surface area contributed by atoms with Crippen LogP contribution in [0.5, 0.6) is 0 Å². The molecule has 0 unspecified atom stereocenters. The minimum absolute atomic E-state index is 0.118. The number of nitro groups is 1. The quantitative estimate of drug-likeness (QED) is 0.240. The summed E-state index contributed by atoms with van der Waals surface area (Å²) in [6.07, 6.45) is 0. The molecule has 0 radical (unpaired) electrons. The maximum absolute atomic E-state index is 13.6. The topological polar surface area (TPSA) is 80.5 Å². The van der Waals surface area contributed by atoms with Gasteiger partial charge in [-0.25, -0.2) is 8.42 Å². The summed E-state index contributed by atoms with van der Waals surface area (Å²) >= 11 is 4.87. The van der Waals surface area contributed by atoms with E-state index in [2.05, 4.69) is 15.9 Å². The van der Waals surface area contributed by atoms with E-state index >= 15 is 0 Å². The van der Waals surface area contributed by atoms with Crippen molar-refractivity contribution in [2.45, 2.75) is 11.4 Å². The molecular formula is C21H15BrN2O4S2. The average molecular weight is 503 g/mol. The van der Waals surface area contributed by atoms with Crippen molar-refractivity contribution >= 4 is 58.1 Å². The van der Waals surface area contributed by atoms with E-state index in [9.17, 15) is 18.5 Å². The van der Waals surface area contributed by atoms with Crippen molar-refractivity contribution in [3.8, 4) is 0 Å². The highest BCUT2D eigenvalue weighted by Crippen LogP contribution is 2.44. The largest absolute Gasteiger partial charge is 0.274 e. The average Bonchev–Trinajstić information content (AvgIpc) is 3.09. The van der Waals surface area contributed by atoms with Gasteiger partial charge in [-0.3, -0.25) is 14.4 Å². The Kier molecular flexibility index (Phi) is 5.59. The lowest BCUT2D eigenvalue weighted by Gasteiger charge is -2.23. The molecule has 0 fully saturated rings. The molecule has 0 saturated carbocycles. The summed E-state index contributed by atoms with van der Waals surface area (Å²) < 4.78 is 30.0. The number of hydrogen-bond donors (Lipinski definition) is 0. The zero-order valence-electron chi connectivity index (χ0n) is 15.4. The Morgan fingerprint density at radius 1 is 0.933 bits per heavy atom. The lowest BCUT2D eigenvalue weighted by molar-refractivity contribution is -0.385. The Balaban J connectivity index is 1.92. The second-order valence-electron chi connectivity index (χ2n) is 6.43. The van der Waals surface area contributed by atoms with Crippen molar-refractivity contribution in [2.75, 3.05) is 4.31 Å². The molecule has 0 saturated heterocycles. The van der Waals surface area contributed by atoms with Crippen LogP contribution < -0.4 is 4.31 Å². The van der Waals surface area contributed by atoms with Gasteiger partial charge < -0.3 is 0 Å². The highest BCUT2D eigenvalue weighted by Gasteiger charge is 2.30. The first kappa shape index (κ1) is 20.5. The van der Waals surface area contributed by atoms with Crippen LogP contribution >= 0.6 is 27.3 Å². The van der Waals surface area contributed by atoms with E-state index in [4.69, 9.17) is 0 Å². The van der Waals surface area contributed by atoms with E-state index in [-0.39, 0.29) is 17.1 Å². The van der Waals surface area contributed by atoms with Crippen LogP contribution in [-0.2, 0) is 16.6 Å². The minimum atomic E-state index is -3.97. The number of halogens is 1. The van der Waals surface area contributed by atoms with Crippen molar-refractivity contribution in [2.24, 2.45) is 0 Å². The van der Waals surface area contributed by atoms with Crippen LogP contribution in [0.25, 0.3) is 10.1 Å². The van der Waals surface area contributed by atoms with Gasteiger partial charge in [0, 0.05) is 16.2 Å². The summed E-state index contributed by atoms with van der Waals surface area (Å²) in [4.78, 5) is 11.1. The van der Waals surface area contributed by atoms with Gasteiger partial charge in [0.2, 0.25) is 0 Å². The number of fused-ring (bicyclic) bond motifs is 1. The summed E-state index contributed by atoms with van der Waals surface area (Å²) in [5, 5.41) is 12.9. The van der Waals surface area contributed by atoms with Crippen LogP contribution in [0, 0.1) is 10.1 Å². The molecule has 4 aromatic rings. The predicted octanol–water partition coefficient (Wildman–Crippen LogP) is 5.97. The summed E-state index contributed by atoms with van der Waals surface area (Å²) in [5.41, 5.74) is 0.189. The van der Waals surface area contributed by atoms with Crippen LogP contribution in [0.3, 0.4) is 0 Å². The Morgan fingerprint density at radius 3 is 2.27 bits per heavy atom. The van der Waals surface area contributed by atoms with E-state index in [1.807, 2.05) is 24.3 Å². The number of anilines is 1. The molecule has 4 rings (SSSR count). The second kappa shape index (κ2) is 8.17. The van der Waals surface area contributed by atoms with Gasteiger partial charge in [-0.05, 0) is 34.1 Å². The maximum atomic E-state index is 13.6. The SMILES string of the molecule is O=[N+]([O-])c1ccccc1CN(c1sc2ccccc2c1Br)S(=O)(=O)c1ccccc1. The second-order valence-corrected chi connectivity index (χ2v) is 10.1. The first-order valence-electron chi connectivity index (χ1n) is 8.86. The number of benzene rings is 3. The summed E-state index contributed by atoms with van der Waals surface area (Å²) in [6, 6.07) is 21.8. The molecule has 9 heteroatoms. The van der Waals surface area contributed by atoms with Gasteiger partial charge in [0.15, 0.2) is 0 Å². The number of sulfonamides is 1. The molecule has 1 aromatic heterocycles. The number of thiophene rings is 1. The van der Waals surface area contributed by atoms with Crippen molar-refractivity contribution < 1.29 is 13.3 Å². The van der Waals surface area contributed by atoms with E-state index in [0.717, 1.165) is 10.1 Å². The van der Waals surface area contributed by atoms with Crippen molar-refractivity contribution in [3.63, 3.8) is 0 Å². The molecule has 0 N–H and O–H groups in total. The van der Waals surface area contributed by atoms with Crippen molar-refractivity contribution in [1.29, 1.82) is 0 Å². The van der Waals surface area contributed by atoms with Gasteiger partial charge in [0.05, 0.1) is 26.4 Å². The third-order valence-electron chi connectivity index (χ3n) is 4.58. The Hall–Kier alpha value is -2.75. The zero-order valence-corrected chi connectivity index (χ0v) is 18.7. The van der Waals surface area contributed by atoms with Gasteiger partial charge in [-0.2, -0.15) is 0 Å². The van der Waals surface area contributed by atoms with Gasteiger partial charge in [-0.1, -0.05) is 54.6 Å². The van der Waals surface area contributed by atoms with E-state index in [1.54, 1.807) is 36.4 Å². The van der Waals surface area contributed by atoms with Gasteiger partial charge in [0.1, 0.15) is 5.00 Å². The molecule has 152 valence electrons. The van der Waals surface area contributed by atoms with Crippen LogP contribution in [0.1, 0.15) is 5.56 Å². The molecule has 30 heavy (non-hydrogen) atoms. The van der Waals surface area contributed by atoms with Gasteiger partial charge in [-0.15, -0.1) is 11.3 Å². The normalized spacial score (nSPS) is 11.5. The molecule has 0 aliphatic rings. The smallest absolute Gasteiger partial charge is 0.258 e. The first-order valence-corrected chi connectivity index (χ1v) is 11.9. The van der Waals surface area contributed by atoms with Crippen molar-refractivity contribution in [1.82, 2.24) is 0 Å². The molecule has 0 aliphatic carbocycles. The number of para-hydroxylation sites is 1. The fraction of sp³-hybridized carbons (Fsp3) is 0.0476. The lowest BCUT2D eigenvalue weighted by Crippen LogP contribution is -2.30. The van der Waals surface area contributed by atoms with Crippen LogP contribution in [0.2, 0.25) is 0 Å². The standard InChI is InChI=1S/C21H15BrN2O4S2/c22-20-17-11-5-7-13-19(17)29-21(20)23(30(27,28)16-9-2-1-3-10-16)14-15-8-4-6-12-18(15)24(25)26/h1-13H,14H2. The highest BCUT2D eigenvalue weighted by molar-refractivity contribution is 9.10. The van der Waals surface area contributed by atoms with Gasteiger partial charge >= 0.3 is 0 Å². The molecule has 0 amide bonds. The summed E-state index contributed by atoms with van der Waals surface area (Å²) in [6.45, 7) is -0.167. The van der Waals surface area contributed by atoms with Crippen LogP contribution in [0.15, 0.2) is 88.2 Å². The molecule has 6 nitrogen and oxygen atoms in total. The van der Waals surface area contributed by atoms with E-state index < -0.39 is 14.9 Å². The number of nitro benzene ring substituents is 1. The molecule has 0 bridgehead atoms. The fourth-order valence-corrected chi connectivity index (χ4v) is 6.96. The van der Waals surface area contributed by atoms with E-state index in [1.165, 1.54) is 33.8 Å². The Labute approximate surface area is 185 Å². The monoisotopic (exact) mass is 502 g/mol. The Morgan fingerprint density at radius 2 is 1.57 bits per heavy atom. The number of hydrogen-bond acceptors (Lipinski definition) is 5. The molecule has 0 aliphatic heterocycles. The third-order valence-corrected chi connectivity index (χ3v) is 8.71. The van der Waals surface area contributed by atoms with Crippen LogP contribution in [-0.4, -0.2) is 13.3 Å². The number of nitrogens with zero attached hydrogens (tertiary/aromatic N) is 2. The molecule has 0 atom stereocenters. The third kappa shape index (κ3) is 3.71. The first-order chi connectivity index (χ1) is 14.4. The zero-order chi connectivity index (χ0) is 21.3.